The minimum Gasteiger partial charge on any atom is -0.388 e. The van der Waals surface area contributed by atoms with Gasteiger partial charge in [0.05, 0.1) is 0 Å². The van der Waals surface area contributed by atoms with Gasteiger partial charge in [-0.25, -0.2) is 0 Å². The number of aliphatic hydroxyl groups excluding tert-OH is 1. The summed E-state index contributed by atoms with van der Waals surface area (Å²) in [4.78, 5) is 9.61. The topological polar surface area (TPSA) is 75.4 Å². The van der Waals surface area contributed by atoms with Crippen LogP contribution in [0.2, 0.25) is 0 Å². The summed E-state index contributed by atoms with van der Waals surface area (Å²) in [6.07, 6.45) is -1.03. The van der Waals surface area contributed by atoms with E-state index in [0.717, 1.165) is 5.69 Å². The molecule has 14 heavy (non-hydrogen) atoms. The van der Waals surface area contributed by atoms with Crippen LogP contribution in [-0.4, -0.2) is 23.6 Å². The van der Waals surface area contributed by atoms with Crippen molar-refractivity contribution in [3.63, 3.8) is 0 Å². The van der Waals surface area contributed by atoms with Gasteiger partial charge >= 0.3 is 0 Å². The number of rotatable bonds is 4. The quantitative estimate of drug-likeness (QED) is 0.557. The molecule has 0 aliphatic rings. The SMILES string of the molecule is CNc1ccc(C(O)C[N+](=O)[O-])cc1. The molecule has 0 fully saturated rings. The Morgan fingerprint density at radius 1 is 1.50 bits per heavy atom. The second-order valence-corrected chi connectivity index (χ2v) is 2.90. The van der Waals surface area contributed by atoms with Crippen LogP contribution in [0.25, 0.3) is 0 Å². The molecular formula is C9H12N2O3. The molecule has 76 valence electrons. The van der Waals surface area contributed by atoms with Gasteiger partial charge in [-0.2, -0.15) is 0 Å². The van der Waals surface area contributed by atoms with E-state index in [-0.39, 0.29) is 0 Å². The Bertz CT molecular complexity index is 310. The fourth-order valence-corrected chi connectivity index (χ4v) is 1.12. The van der Waals surface area contributed by atoms with Gasteiger partial charge in [-0.15, -0.1) is 0 Å². The van der Waals surface area contributed by atoms with Gasteiger partial charge in [0.2, 0.25) is 6.54 Å². The van der Waals surface area contributed by atoms with Crippen molar-refractivity contribution in [1.82, 2.24) is 0 Å². The number of nitrogens with one attached hydrogen (secondary N) is 1. The first-order chi connectivity index (χ1) is 6.63. The number of aliphatic hydroxyl groups is 1. The molecule has 5 nitrogen and oxygen atoms in total. The van der Waals surface area contributed by atoms with Crippen LogP contribution in [0.4, 0.5) is 5.69 Å². The van der Waals surface area contributed by atoms with Crippen molar-refractivity contribution in [2.75, 3.05) is 18.9 Å². The maximum atomic E-state index is 10.1. The lowest BCUT2D eigenvalue weighted by Crippen LogP contribution is -2.11. The molecule has 1 unspecified atom stereocenters. The normalized spacial score (nSPS) is 12.1. The molecule has 1 rings (SSSR count). The van der Waals surface area contributed by atoms with Gasteiger partial charge in [0.15, 0.2) is 0 Å². The van der Waals surface area contributed by atoms with Crippen molar-refractivity contribution >= 4 is 5.69 Å². The summed E-state index contributed by atoms with van der Waals surface area (Å²) in [6.45, 7) is -0.459. The van der Waals surface area contributed by atoms with Crippen molar-refractivity contribution in [3.8, 4) is 0 Å². The highest BCUT2D eigenvalue weighted by molar-refractivity contribution is 5.44. The highest BCUT2D eigenvalue weighted by Gasteiger charge is 2.13. The predicted octanol–water partition coefficient (Wildman–Crippen LogP) is 1.04. The Balaban J connectivity index is 2.71. The van der Waals surface area contributed by atoms with Gasteiger partial charge in [-0.05, 0) is 17.7 Å². The smallest absolute Gasteiger partial charge is 0.233 e. The lowest BCUT2D eigenvalue weighted by molar-refractivity contribution is -0.491. The minimum atomic E-state index is -1.03. The average Bonchev–Trinajstić information content (AvgIpc) is 2.17. The van der Waals surface area contributed by atoms with Crippen LogP contribution in [0.15, 0.2) is 24.3 Å². The maximum Gasteiger partial charge on any atom is 0.233 e. The van der Waals surface area contributed by atoms with E-state index in [1.165, 1.54) is 0 Å². The minimum absolute atomic E-state index is 0.459. The number of nitro groups is 1. The molecule has 2 N–H and O–H groups in total. The van der Waals surface area contributed by atoms with Crippen molar-refractivity contribution in [2.45, 2.75) is 6.10 Å². The summed E-state index contributed by atoms with van der Waals surface area (Å²) in [5.74, 6) is 0. The van der Waals surface area contributed by atoms with Crippen molar-refractivity contribution in [2.24, 2.45) is 0 Å². The zero-order valence-electron chi connectivity index (χ0n) is 7.80. The van der Waals surface area contributed by atoms with E-state index in [1.54, 1.807) is 31.3 Å². The highest BCUT2D eigenvalue weighted by atomic mass is 16.6. The number of nitrogens with zero attached hydrogens (tertiary/aromatic N) is 1. The van der Waals surface area contributed by atoms with Crippen molar-refractivity contribution in [3.05, 3.63) is 39.9 Å². The Morgan fingerprint density at radius 3 is 2.50 bits per heavy atom. The molecule has 0 spiro atoms. The molecule has 0 radical (unpaired) electrons. The number of anilines is 1. The molecule has 0 aliphatic heterocycles. The molecule has 5 heteroatoms. The summed E-state index contributed by atoms with van der Waals surface area (Å²) in [6, 6.07) is 6.86. The van der Waals surface area contributed by atoms with Crippen LogP contribution in [-0.2, 0) is 0 Å². The molecule has 0 saturated heterocycles. The Labute approximate surface area is 81.5 Å². The van der Waals surface area contributed by atoms with Gasteiger partial charge in [0.1, 0.15) is 6.10 Å². The van der Waals surface area contributed by atoms with E-state index >= 15 is 0 Å². The van der Waals surface area contributed by atoms with Crippen LogP contribution in [0, 0.1) is 10.1 Å². The predicted molar refractivity (Wildman–Crippen MR) is 52.8 cm³/mol. The maximum absolute atomic E-state index is 10.1. The first-order valence-corrected chi connectivity index (χ1v) is 4.21. The third-order valence-electron chi connectivity index (χ3n) is 1.91. The van der Waals surface area contributed by atoms with E-state index in [2.05, 4.69) is 5.32 Å². The standard InChI is InChI=1S/C9H12N2O3/c1-10-8-4-2-7(3-5-8)9(12)6-11(13)14/h2-5,9-10,12H,6H2,1H3. The molecule has 1 aromatic carbocycles. The molecular weight excluding hydrogens is 184 g/mol. The first-order valence-electron chi connectivity index (χ1n) is 4.21. The van der Waals surface area contributed by atoms with Crippen molar-refractivity contribution in [1.29, 1.82) is 0 Å². The van der Waals surface area contributed by atoms with E-state index in [9.17, 15) is 15.2 Å². The van der Waals surface area contributed by atoms with Crippen LogP contribution in [0.1, 0.15) is 11.7 Å². The van der Waals surface area contributed by atoms with Gasteiger partial charge in [0.25, 0.3) is 0 Å². The van der Waals surface area contributed by atoms with Gasteiger partial charge in [-0.1, -0.05) is 12.1 Å². The van der Waals surface area contributed by atoms with Crippen LogP contribution >= 0.6 is 0 Å². The third kappa shape index (κ3) is 2.70. The zero-order chi connectivity index (χ0) is 10.6. The van der Waals surface area contributed by atoms with Gasteiger partial charge in [0, 0.05) is 17.7 Å². The van der Waals surface area contributed by atoms with E-state index in [0.29, 0.717) is 5.56 Å². The van der Waals surface area contributed by atoms with E-state index in [4.69, 9.17) is 0 Å². The van der Waals surface area contributed by atoms with Gasteiger partial charge in [-0.3, -0.25) is 10.1 Å². The second-order valence-electron chi connectivity index (χ2n) is 2.90. The van der Waals surface area contributed by atoms with E-state index in [1.807, 2.05) is 0 Å². The fourth-order valence-electron chi connectivity index (χ4n) is 1.12. The lowest BCUT2D eigenvalue weighted by atomic mass is 10.1. The Kier molecular flexibility index (Phi) is 3.41. The summed E-state index contributed by atoms with van der Waals surface area (Å²) in [7, 11) is 1.78. The third-order valence-corrected chi connectivity index (χ3v) is 1.91. The summed E-state index contributed by atoms with van der Waals surface area (Å²) in [5.41, 5.74) is 1.46. The van der Waals surface area contributed by atoms with E-state index < -0.39 is 17.6 Å². The second kappa shape index (κ2) is 4.57. The molecule has 0 saturated carbocycles. The molecule has 0 aliphatic carbocycles. The number of hydrogen-bond acceptors (Lipinski definition) is 4. The van der Waals surface area contributed by atoms with Gasteiger partial charge < -0.3 is 10.4 Å². The molecule has 0 aromatic heterocycles. The number of hydrogen-bond donors (Lipinski definition) is 2. The molecule has 1 aromatic rings. The Morgan fingerprint density at radius 2 is 2.07 bits per heavy atom. The monoisotopic (exact) mass is 196 g/mol. The van der Waals surface area contributed by atoms with Crippen LogP contribution in [0.3, 0.4) is 0 Å². The van der Waals surface area contributed by atoms with Crippen molar-refractivity contribution < 1.29 is 10.0 Å². The molecule has 0 heterocycles. The largest absolute Gasteiger partial charge is 0.388 e. The summed E-state index contributed by atoms with van der Waals surface area (Å²) >= 11 is 0. The zero-order valence-corrected chi connectivity index (χ0v) is 7.80. The average molecular weight is 196 g/mol. The number of benzene rings is 1. The molecule has 1 atom stereocenters. The van der Waals surface area contributed by atoms with Crippen LogP contribution < -0.4 is 5.32 Å². The Hall–Kier alpha value is -1.62. The fraction of sp³-hybridized carbons (Fsp3) is 0.333. The summed E-state index contributed by atoms with van der Waals surface area (Å²) < 4.78 is 0. The lowest BCUT2D eigenvalue weighted by Gasteiger charge is -2.07. The molecule has 0 amide bonds. The summed E-state index contributed by atoms with van der Waals surface area (Å²) in [5, 5.41) is 22.5. The molecule has 0 bridgehead atoms. The highest BCUT2D eigenvalue weighted by Crippen LogP contribution is 2.15. The van der Waals surface area contributed by atoms with Crippen LogP contribution in [0.5, 0.6) is 0 Å². The first kappa shape index (κ1) is 10.5.